The average molecular weight is 325 g/mol. The molecule has 7 nitrogen and oxygen atoms in total. The summed E-state index contributed by atoms with van der Waals surface area (Å²) in [5.74, 6) is -0.540. The van der Waals surface area contributed by atoms with Gasteiger partial charge in [-0.15, -0.1) is 10.2 Å². The van der Waals surface area contributed by atoms with E-state index in [0.29, 0.717) is 17.6 Å². The number of hydrogen-bond donors (Lipinski definition) is 2. The number of aromatic hydroxyl groups is 1. The summed E-state index contributed by atoms with van der Waals surface area (Å²) < 4.78 is 15.1. The molecule has 0 atom stereocenters. The maximum absolute atomic E-state index is 13.5. The van der Waals surface area contributed by atoms with Gasteiger partial charge in [-0.25, -0.2) is 9.87 Å². The molecule has 0 aliphatic heterocycles. The Balaban J connectivity index is 2.54. The molecule has 0 spiro atoms. The molecular formula is C13H16FN5O2S. The van der Waals surface area contributed by atoms with Crippen molar-refractivity contribution in [1.29, 1.82) is 0 Å². The summed E-state index contributed by atoms with van der Waals surface area (Å²) in [6.45, 7) is 0.407. The van der Waals surface area contributed by atoms with Crippen LogP contribution < -0.4 is 5.48 Å². The van der Waals surface area contributed by atoms with Gasteiger partial charge in [-0.3, -0.25) is 14.3 Å². The minimum Gasteiger partial charge on any atom is -0.493 e. The monoisotopic (exact) mass is 325 g/mol. The molecule has 2 N–H and O–H groups in total. The fourth-order valence-corrected chi connectivity index (χ4v) is 2.15. The van der Waals surface area contributed by atoms with Gasteiger partial charge in [0.1, 0.15) is 5.82 Å². The van der Waals surface area contributed by atoms with Crippen molar-refractivity contribution in [2.24, 2.45) is 10.2 Å². The third-order valence-corrected chi connectivity index (χ3v) is 2.99. The van der Waals surface area contributed by atoms with Crippen LogP contribution in [0, 0.1) is 5.82 Å². The lowest BCUT2D eigenvalue weighted by Crippen LogP contribution is -2.16. The molecule has 1 aromatic carbocycles. The molecule has 22 heavy (non-hydrogen) atoms. The Labute approximate surface area is 131 Å². The first-order valence-corrected chi connectivity index (χ1v) is 6.75. The normalized spacial score (nSPS) is 11.7. The van der Waals surface area contributed by atoms with E-state index in [2.05, 4.69) is 20.5 Å². The molecule has 2 rings (SSSR count). The summed E-state index contributed by atoms with van der Waals surface area (Å²) in [5, 5.41) is 18.4. The smallest absolute Gasteiger partial charge is 0.237 e. The summed E-state index contributed by atoms with van der Waals surface area (Å²) in [5.41, 5.74) is 3.13. The zero-order chi connectivity index (χ0) is 16.3. The maximum atomic E-state index is 13.5. The highest BCUT2D eigenvalue weighted by molar-refractivity contribution is 7.80. The minimum atomic E-state index is -0.427. The number of thiocarbonyl (C=S) groups is 1. The summed E-state index contributed by atoms with van der Waals surface area (Å²) in [6.07, 6.45) is 0. The van der Waals surface area contributed by atoms with E-state index in [1.165, 1.54) is 19.2 Å². The number of hydroxylamine groups is 1. The summed E-state index contributed by atoms with van der Waals surface area (Å²) in [6, 6.07) is 4.20. The topological polar surface area (TPSA) is 74.4 Å². The Bertz CT molecular complexity index is 729. The van der Waals surface area contributed by atoms with Crippen LogP contribution in [0.3, 0.4) is 0 Å². The first kappa shape index (κ1) is 16.3. The van der Waals surface area contributed by atoms with Crippen LogP contribution in [-0.4, -0.2) is 40.9 Å². The number of nitrogens with one attached hydrogen (secondary N) is 1. The van der Waals surface area contributed by atoms with Gasteiger partial charge in [-0.1, -0.05) is 0 Å². The molecule has 2 aromatic rings. The molecule has 0 saturated heterocycles. The first-order valence-electron chi connectivity index (χ1n) is 6.34. The van der Waals surface area contributed by atoms with Gasteiger partial charge in [0.05, 0.1) is 19.3 Å². The molecule has 118 valence electrons. The predicted octanol–water partition coefficient (Wildman–Crippen LogP) is 2.52. The van der Waals surface area contributed by atoms with Crippen LogP contribution in [0.15, 0.2) is 28.4 Å². The summed E-state index contributed by atoms with van der Waals surface area (Å²) in [7, 11) is 5.10. The Kier molecular flexibility index (Phi) is 5.01. The minimum absolute atomic E-state index is 0.00758. The van der Waals surface area contributed by atoms with Crippen molar-refractivity contribution in [1.82, 2.24) is 14.9 Å². The molecular weight excluding hydrogens is 309 g/mol. The molecule has 0 radical (unpaired) electrons. The molecule has 0 aliphatic rings. The van der Waals surface area contributed by atoms with Crippen LogP contribution in [0.2, 0.25) is 0 Å². The fraction of sp³-hybridized carbons (Fsp3) is 0.308. The van der Waals surface area contributed by atoms with Crippen molar-refractivity contribution in [2.45, 2.75) is 6.67 Å². The number of rotatable bonds is 4. The van der Waals surface area contributed by atoms with Gasteiger partial charge in [-0.05, 0) is 44.5 Å². The highest BCUT2D eigenvalue weighted by Gasteiger charge is 2.17. The van der Waals surface area contributed by atoms with E-state index >= 15 is 0 Å². The number of halogens is 1. The van der Waals surface area contributed by atoms with E-state index in [9.17, 15) is 9.50 Å². The van der Waals surface area contributed by atoms with Crippen LogP contribution >= 0.6 is 12.2 Å². The van der Waals surface area contributed by atoms with E-state index < -0.39 is 5.82 Å². The van der Waals surface area contributed by atoms with Crippen molar-refractivity contribution in [3.8, 4) is 5.88 Å². The third kappa shape index (κ3) is 3.38. The van der Waals surface area contributed by atoms with Gasteiger partial charge in [0, 0.05) is 5.39 Å². The molecule has 0 unspecified atom stereocenters. The van der Waals surface area contributed by atoms with Gasteiger partial charge in [0.15, 0.2) is 5.69 Å². The molecule has 9 heteroatoms. The quantitative estimate of drug-likeness (QED) is 0.513. The predicted molar refractivity (Wildman–Crippen MR) is 84.5 cm³/mol. The van der Waals surface area contributed by atoms with Crippen LogP contribution in [0.5, 0.6) is 5.88 Å². The van der Waals surface area contributed by atoms with Crippen molar-refractivity contribution in [3.63, 3.8) is 0 Å². The highest BCUT2D eigenvalue weighted by Crippen LogP contribution is 2.39. The van der Waals surface area contributed by atoms with Gasteiger partial charge < -0.3 is 5.11 Å². The molecule has 0 saturated carbocycles. The maximum Gasteiger partial charge on any atom is 0.237 e. The third-order valence-electron chi connectivity index (χ3n) is 2.83. The van der Waals surface area contributed by atoms with Gasteiger partial charge in [-0.2, -0.15) is 0 Å². The largest absolute Gasteiger partial charge is 0.493 e. The van der Waals surface area contributed by atoms with E-state index in [4.69, 9.17) is 12.2 Å². The lowest BCUT2D eigenvalue weighted by atomic mass is 10.2. The number of aromatic nitrogens is 1. The van der Waals surface area contributed by atoms with Crippen molar-refractivity contribution < 1.29 is 14.3 Å². The lowest BCUT2D eigenvalue weighted by Gasteiger charge is -2.12. The lowest BCUT2D eigenvalue weighted by molar-refractivity contribution is 0.145. The zero-order valence-corrected chi connectivity index (χ0v) is 13.2. The number of nitrogens with zero attached hydrogens (tertiary/aromatic N) is 4. The molecule has 0 fully saturated rings. The Morgan fingerprint density at radius 2 is 2.23 bits per heavy atom. The first-order chi connectivity index (χ1) is 10.4. The molecule has 0 amide bonds. The highest BCUT2D eigenvalue weighted by atomic mass is 32.1. The van der Waals surface area contributed by atoms with Gasteiger partial charge in [0.25, 0.3) is 0 Å². The van der Waals surface area contributed by atoms with Crippen molar-refractivity contribution >= 4 is 33.9 Å². The second kappa shape index (κ2) is 6.77. The number of hydrogen-bond acceptors (Lipinski definition) is 5. The van der Waals surface area contributed by atoms with Gasteiger partial charge in [0.2, 0.25) is 11.0 Å². The zero-order valence-electron chi connectivity index (χ0n) is 12.4. The van der Waals surface area contributed by atoms with E-state index in [1.54, 1.807) is 10.6 Å². The second-order valence-electron chi connectivity index (χ2n) is 4.79. The molecule has 1 heterocycles. The SMILES string of the molecule is CONC(=S)N=Nc1c(O)n(CN(C)C)c2ccc(F)cc12. The Morgan fingerprint density at radius 3 is 2.86 bits per heavy atom. The molecule has 0 aliphatic carbocycles. The van der Waals surface area contributed by atoms with E-state index in [1.807, 2.05) is 19.0 Å². The Hall–Kier alpha value is -2.10. The van der Waals surface area contributed by atoms with Crippen LogP contribution in [0.4, 0.5) is 10.1 Å². The van der Waals surface area contributed by atoms with Crippen LogP contribution in [0.25, 0.3) is 10.9 Å². The number of benzene rings is 1. The van der Waals surface area contributed by atoms with Crippen molar-refractivity contribution in [3.05, 3.63) is 24.0 Å². The summed E-state index contributed by atoms with van der Waals surface area (Å²) >= 11 is 4.85. The van der Waals surface area contributed by atoms with Gasteiger partial charge >= 0.3 is 0 Å². The van der Waals surface area contributed by atoms with E-state index in [0.717, 1.165) is 0 Å². The standard InChI is InChI=1S/C13H16FN5O2S/c1-18(2)7-19-10-5-4-8(14)6-9(10)11(12(19)20)15-16-13(22)17-21-3/h4-6,20H,7H2,1-3H3,(H,17,22). The van der Waals surface area contributed by atoms with Crippen LogP contribution in [0.1, 0.15) is 0 Å². The number of fused-ring (bicyclic) bond motifs is 1. The molecule has 1 aromatic heterocycles. The fourth-order valence-electron chi connectivity index (χ4n) is 2.02. The second-order valence-corrected chi connectivity index (χ2v) is 5.18. The van der Waals surface area contributed by atoms with Crippen molar-refractivity contribution in [2.75, 3.05) is 21.2 Å². The van der Waals surface area contributed by atoms with E-state index in [-0.39, 0.29) is 16.7 Å². The van der Waals surface area contributed by atoms with Crippen LogP contribution in [-0.2, 0) is 11.5 Å². The Morgan fingerprint density at radius 1 is 1.50 bits per heavy atom. The number of azo groups is 1. The summed E-state index contributed by atoms with van der Waals surface area (Å²) in [4.78, 5) is 6.47. The average Bonchev–Trinajstić information content (AvgIpc) is 2.69. The molecule has 0 bridgehead atoms.